The fourth-order valence-electron chi connectivity index (χ4n) is 3.54. The van der Waals surface area contributed by atoms with Gasteiger partial charge in [-0.1, -0.05) is 56.7 Å². The summed E-state index contributed by atoms with van der Waals surface area (Å²) in [6, 6.07) is 3.14. The summed E-state index contributed by atoms with van der Waals surface area (Å²) in [5, 5.41) is 5.91. The van der Waals surface area contributed by atoms with E-state index in [0.29, 0.717) is 17.1 Å². The Balaban J connectivity index is 1.97. The Hall–Kier alpha value is -2.08. The summed E-state index contributed by atoms with van der Waals surface area (Å²) in [5.74, 6) is -0.806. The maximum atomic E-state index is 12.8. The van der Waals surface area contributed by atoms with Crippen LogP contribution in [-0.4, -0.2) is 34.8 Å². The van der Waals surface area contributed by atoms with Gasteiger partial charge in [0.25, 0.3) is 5.91 Å². The van der Waals surface area contributed by atoms with Gasteiger partial charge in [-0.2, -0.15) is 0 Å². The van der Waals surface area contributed by atoms with Gasteiger partial charge in [-0.15, -0.1) is 0 Å². The van der Waals surface area contributed by atoms with Gasteiger partial charge in [-0.3, -0.25) is 14.5 Å². The first-order valence-electron chi connectivity index (χ1n) is 9.88. The van der Waals surface area contributed by atoms with Crippen LogP contribution < -0.4 is 10.6 Å². The number of unbranched alkanes of at least 4 members (excludes halogenated alkanes) is 4. The normalized spacial score (nSPS) is 19.1. The summed E-state index contributed by atoms with van der Waals surface area (Å²) in [6.45, 7) is 7.31. The molecule has 1 aliphatic rings. The number of amides is 4. The quantitative estimate of drug-likeness (QED) is 0.465. The van der Waals surface area contributed by atoms with E-state index in [2.05, 4.69) is 17.6 Å². The molecule has 4 amide bonds. The van der Waals surface area contributed by atoms with E-state index in [1.54, 1.807) is 13.0 Å². The number of nitrogens with one attached hydrogen (secondary N) is 2. The molecule has 7 heteroatoms. The number of rotatable bonds is 9. The lowest BCUT2D eigenvalue weighted by molar-refractivity contribution is -0.133. The topological polar surface area (TPSA) is 78.5 Å². The molecule has 0 aromatic heterocycles. The van der Waals surface area contributed by atoms with E-state index >= 15 is 0 Å². The van der Waals surface area contributed by atoms with E-state index in [9.17, 15) is 14.4 Å². The molecule has 0 saturated carbocycles. The van der Waals surface area contributed by atoms with Crippen LogP contribution in [0.25, 0.3) is 0 Å². The highest BCUT2D eigenvalue weighted by Crippen LogP contribution is 2.28. The van der Waals surface area contributed by atoms with Gasteiger partial charge < -0.3 is 10.6 Å². The lowest BCUT2D eigenvalue weighted by atomic mass is 9.94. The first kappa shape index (κ1) is 22.2. The number of urea groups is 1. The average Bonchev–Trinajstić information content (AvgIpc) is 2.81. The van der Waals surface area contributed by atoms with E-state index in [0.717, 1.165) is 41.7 Å². The number of carbonyl (C=O) groups excluding carboxylic acids is 3. The summed E-state index contributed by atoms with van der Waals surface area (Å²) >= 11 is 6.22. The van der Waals surface area contributed by atoms with Gasteiger partial charge in [0.1, 0.15) is 12.1 Å². The van der Waals surface area contributed by atoms with Crippen molar-refractivity contribution in [1.29, 1.82) is 0 Å². The van der Waals surface area contributed by atoms with Gasteiger partial charge in [0.15, 0.2) is 0 Å². The SMILES string of the molecule is CCCCCCC[C@@]1(C)NC(=O)N(CC(=O)Nc2c(C)cc(C)cc2Cl)C1=O. The smallest absolute Gasteiger partial charge is 0.323 e. The van der Waals surface area contributed by atoms with Crippen molar-refractivity contribution in [1.82, 2.24) is 10.2 Å². The molecule has 1 heterocycles. The highest BCUT2D eigenvalue weighted by atomic mass is 35.5. The van der Waals surface area contributed by atoms with Crippen molar-refractivity contribution in [3.8, 4) is 0 Å². The fraction of sp³-hybridized carbons (Fsp3) is 0.571. The third kappa shape index (κ3) is 5.25. The van der Waals surface area contributed by atoms with Crippen LogP contribution in [0.3, 0.4) is 0 Å². The summed E-state index contributed by atoms with van der Waals surface area (Å²) < 4.78 is 0. The molecule has 1 aromatic carbocycles. The van der Waals surface area contributed by atoms with Crippen LogP contribution in [0, 0.1) is 13.8 Å². The third-order valence-electron chi connectivity index (χ3n) is 5.12. The highest BCUT2D eigenvalue weighted by Gasteiger charge is 2.47. The zero-order valence-electron chi connectivity index (χ0n) is 17.2. The summed E-state index contributed by atoms with van der Waals surface area (Å²) in [7, 11) is 0. The largest absolute Gasteiger partial charge is 0.325 e. The van der Waals surface area contributed by atoms with E-state index in [1.807, 2.05) is 19.9 Å². The lowest BCUT2D eigenvalue weighted by Crippen LogP contribution is -2.44. The van der Waals surface area contributed by atoms with Crippen LogP contribution in [0.2, 0.25) is 5.02 Å². The van der Waals surface area contributed by atoms with Crippen molar-refractivity contribution in [3.63, 3.8) is 0 Å². The molecule has 1 aliphatic heterocycles. The Morgan fingerprint density at radius 3 is 2.50 bits per heavy atom. The Labute approximate surface area is 172 Å². The van der Waals surface area contributed by atoms with Gasteiger partial charge in [0.2, 0.25) is 5.91 Å². The van der Waals surface area contributed by atoms with Crippen molar-refractivity contribution >= 4 is 35.1 Å². The molecule has 2 N–H and O–H groups in total. The van der Waals surface area contributed by atoms with Crippen LogP contribution >= 0.6 is 11.6 Å². The molecule has 0 unspecified atom stereocenters. The van der Waals surface area contributed by atoms with Crippen molar-refractivity contribution in [2.24, 2.45) is 0 Å². The number of hydrogen-bond donors (Lipinski definition) is 2. The maximum Gasteiger partial charge on any atom is 0.325 e. The monoisotopic (exact) mass is 407 g/mol. The molecule has 154 valence electrons. The first-order valence-corrected chi connectivity index (χ1v) is 10.3. The minimum atomic E-state index is -0.943. The zero-order valence-corrected chi connectivity index (χ0v) is 17.9. The lowest BCUT2D eigenvalue weighted by Gasteiger charge is -2.21. The van der Waals surface area contributed by atoms with Crippen molar-refractivity contribution in [2.45, 2.75) is 71.8 Å². The Bertz CT molecular complexity index is 742. The average molecular weight is 408 g/mol. The van der Waals surface area contributed by atoms with E-state index in [1.165, 1.54) is 6.42 Å². The van der Waals surface area contributed by atoms with Gasteiger partial charge in [-0.05, 0) is 44.4 Å². The minimum absolute atomic E-state index is 0.334. The molecule has 0 spiro atoms. The van der Waals surface area contributed by atoms with Crippen LogP contribution in [0.4, 0.5) is 10.5 Å². The van der Waals surface area contributed by atoms with Gasteiger partial charge in [0, 0.05) is 0 Å². The number of anilines is 1. The first-order chi connectivity index (χ1) is 13.2. The van der Waals surface area contributed by atoms with E-state index < -0.39 is 17.5 Å². The summed E-state index contributed by atoms with van der Waals surface area (Å²) in [6.07, 6.45) is 5.91. The number of hydrogen-bond acceptors (Lipinski definition) is 3. The third-order valence-corrected chi connectivity index (χ3v) is 5.42. The number of benzene rings is 1. The zero-order chi connectivity index (χ0) is 20.9. The number of imide groups is 1. The van der Waals surface area contributed by atoms with Gasteiger partial charge >= 0.3 is 6.03 Å². The molecule has 6 nitrogen and oxygen atoms in total. The Morgan fingerprint density at radius 2 is 1.86 bits per heavy atom. The Morgan fingerprint density at radius 1 is 1.18 bits per heavy atom. The molecule has 1 saturated heterocycles. The van der Waals surface area contributed by atoms with E-state index in [-0.39, 0.29) is 12.5 Å². The highest BCUT2D eigenvalue weighted by molar-refractivity contribution is 6.34. The molecular weight excluding hydrogens is 378 g/mol. The van der Waals surface area contributed by atoms with Crippen molar-refractivity contribution in [3.05, 3.63) is 28.3 Å². The molecule has 1 atom stereocenters. The second-order valence-corrected chi connectivity index (χ2v) is 8.21. The summed E-state index contributed by atoms with van der Waals surface area (Å²) in [4.78, 5) is 38.5. The number of nitrogens with zero attached hydrogens (tertiary/aromatic N) is 1. The van der Waals surface area contributed by atoms with Gasteiger partial charge in [0.05, 0.1) is 10.7 Å². The molecule has 0 bridgehead atoms. The van der Waals surface area contributed by atoms with Crippen LogP contribution in [0.15, 0.2) is 12.1 Å². The standard InChI is InChI=1S/C21H30ClN3O3/c1-5-6-7-8-9-10-21(4)19(27)25(20(28)24-21)13-17(26)23-18-15(3)11-14(2)12-16(18)22/h11-12H,5-10,13H2,1-4H3,(H,23,26)(H,24,28)/t21-/m1/s1. The van der Waals surface area contributed by atoms with E-state index in [4.69, 9.17) is 11.6 Å². The molecule has 0 aliphatic carbocycles. The van der Waals surface area contributed by atoms with Crippen molar-refractivity contribution in [2.75, 3.05) is 11.9 Å². The Kier molecular flexibility index (Phi) is 7.47. The van der Waals surface area contributed by atoms with Crippen LogP contribution in [-0.2, 0) is 9.59 Å². The van der Waals surface area contributed by atoms with Gasteiger partial charge in [-0.25, -0.2) is 4.79 Å². The second-order valence-electron chi connectivity index (χ2n) is 7.80. The molecule has 1 aromatic rings. The number of carbonyl (C=O) groups is 3. The molecule has 1 fully saturated rings. The molecule has 2 rings (SSSR count). The molecular formula is C21H30ClN3O3. The minimum Gasteiger partial charge on any atom is -0.323 e. The summed E-state index contributed by atoms with van der Waals surface area (Å²) in [5.41, 5.74) is 1.38. The molecule has 28 heavy (non-hydrogen) atoms. The molecule has 0 radical (unpaired) electrons. The predicted molar refractivity (Wildman–Crippen MR) is 112 cm³/mol. The fourth-order valence-corrected chi connectivity index (χ4v) is 3.91. The van der Waals surface area contributed by atoms with Crippen molar-refractivity contribution < 1.29 is 14.4 Å². The second kappa shape index (κ2) is 9.41. The van der Waals surface area contributed by atoms with Crippen LogP contribution in [0.1, 0.15) is 63.5 Å². The predicted octanol–water partition coefficient (Wildman–Crippen LogP) is 4.57. The number of halogens is 1. The maximum absolute atomic E-state index is 12.8. The van der Waals surface area contributed by atoms with Crippen LogP contribution in [0.5, 0.6) is 0 Å². The number of aryl methyl sites for hydroxylation is 2.